The molecule has 0 amide bonds. The van der Waals surface area contributed by atoms with E-state index in [2.05, 4.69) is 5.32 Å². The maximum absolute atomic E-state index is 11.8. The van der Waals surface area contributed by atoms with Crippen molar-refractivity contribution in [1.29, 1.82) is 0 Å². The maximum Gasteiger partial charge on any atom is 0.337 e. The molecule has 0 fully saturated rings. The predicted octanol–water partition coefficient (Wildman–Crippen LogP) is 4.81. The van der Waals surface area contributed by atoms with Crippen LogP contribution in [0.5, 0.6) is 17.2 Å². The lowest BCUT2D eigenvalue weighted by molar-refractivity contribution is 0.0600. The van der Waals surface area contributed by atoms with Gasteiger partial charge in [0.25, 0.3) is 0 Å². The molecule has 2 N–H and O–H groups in total. The molecule has 1 heterocycles. The molecule has 7 nitrogen and oxygen atoms in total. The second-order valence-electron chi connectivity index (χ2n) is 7.87. The Hall–Kier alpha value is -3.84. The molecule has 0 saturated heterocycles. The average molecular weight is 461 g/mol. The van der Waals surface area contributed by atoms with Gasteiger partial charge in [0.05, 0.1) is 26.4 Å². The third kappa shape index (κ3) is 4.89. The lowest BCUT2D eigenvalue weighted by Crippen LogP contribution is -2.33. The molecule has 7 heteroatoms. The number of ether oxygens (including phenoxy) is 3. The third-order valence-electron chi connectivity index (χ3n) is 5.80. The molecule has 176 valence electrons. The summed E-state index contributed by atoms with van der Waals surface area (Å²) in [7, 11) is 2.99. The number of phenols is 1. The van der Waals surface area contributed by atoms with Gasteiger partial charge in [-0.15, -0.1) is 0 Å². The molecular formula is C27H28N2O5. The third-order valence-corrected chi connectivity index (χ3v) is 5.80. The Bertz CT molecular complexity index is 1190. The van der Waals surface area contributed by atoms with Gasteiger partial charge in [-0.3, -0.25) is 10.3 Å². The van der Waals surface area contributed by atoms with Crippen molar-refractivity contribution in [1.82, 2.24) is 5.32 Å². The zero-order chi connectivity index (χ0) is 24.1. The van der Waals surface area contributed by atoms with Crippen molar-refractivity contribution >= 4 is 11.7 Å². The molecule has 34 heavy (non-hydrogen) atoms. The van der Waals surface area contributed by atoms with Crippen molar-refractivity contribution in [2.75, 3.05) is 20.8 Å². The highest BCUT2D eigenvalue weighted by atomic mass is 16.5. The molecule has 0 spiro atoms. The molecule has 0 aliphatic carbocycles. The molecule has 1 aliphatic heterocycles. The first-order chi connectivity index (χ1) is 16.5. The second-order valence-corrected chi connectivity index (χ2v) is 7.87. The topological polar surface area (TPSA) is 89.4 Å². The number of phenolic OH excluding ortho intramolecular Hbond substituents is 1. The van der Waals surface area contributed by atoms with Gasteiger partial charge in [-0.2, -0.15) is 0 Å². The molecule has 0 bridgehead atoms. The quantitative estimate of drug-likeness (QED) is 0.492. The van der Waals surface area contributed by atoms with E-state index in [9.17, 15) is 9.90 Å². The van der Waals surface area contributed by atoms with E-state index >= 15 is 0 Å². The van der Waals surface area contributed by atoms with Crippen LogP contribution in [0, 0.1) is 0 Å². The first kappa shape index (κ1) is 23.3. The van der Waals surface area contributed by atoms with Crippen molar-refractivity contribution in [3.63, 3.8) is 0 Å². The molecule has 0 radical (unpaired) electrons. The van der Waals surface area contributed by atoms with E-state index in [0.717, 1.165) is 28.2 Å². The van der Waals surface area contributed by atoms with E-state index in [1.807, 2.05) is 55.5 Å². The number of nitrogens with one attached hydrogen (secondary N) is 1. The van der Waals surface area contributed by atoms with Gasteiger partial charge in [-0.05, 0) is 48.4 Å². The highest BCUT2D eigenvalue weighted by Crippen LogP contribution is 2.39. The Kier molecular flexibility index (Phi) is 7.13. The van der Waals surface area contributed by atoms with Gasteiger partial charge in [0.2, 0.25) is 0 Å². The summed E-state index contributed by atoms with van der Waals surface area (Å²) < 4.78 is 15.8. The van der Waals surface area contributed by atoms with Gasteiger partial charge in [0.1, 0.15) is 11.9 Å². The zero-order valence-electron chi connectivity index (χ0n) is 19.4. The van der Waals surface area contributed by atoms with Crippen molar-refractivity contribution in [2.24, 2.45) is 4.99 Å². The standard InChI is InChI=1S/C27H28N2O5/c1-4-34-24-10-6-9-21(25(24)30)23-16-22(19-7-5-8-20(15-19)32-2)28-26(29-23)17-11-13-18(14-12-17)27(31)33-3/h5-15,23,26,29-30H,4,16H2,1-3H3/t23-,26-/m1/s1. The number of aliphatic imine (C=N–C) groups is 1. The molecular weight excluding hydrogens is 432 g/mol. The van der Waals surface area contributed by atoms with Crippen LogP contribution in [0.15, 0.2) is 71.7 Å². The van der Waals surface area contributed by atoms with Gasteiger partial charge in [-0.1, -0.05) is 36.4 Å². The number of para-hydroxylation sites is 1. The van der Waals surface area contributed by atoms with Crippen LogP contribution in [0.3, 0.4) is 0 Å². The largest absolute Gasteiger partial charge is 0.504 e. The maximum atomic E-state index is 11.8. The Labute approximate surface area is 199 Å². The number of nitrogens with zero attached hydrogens (tertiary/aromatic N) is 1. The first-order valence-corrected chi connectivity index (χ1v) is 11.1. The molecule has 2 atom stereocenters. The number of esters is 1. The summed E-state index contributed by atoms with van der Waals surface area (Å²) >= 11 is 0. The normalized spacial score (nSPS) is 17.6. The fourth-order valence-electron chi connectivity index (χ4n) is 4.07. The lowest BCUT2D eigenvalue weighted by atomic mass is 9.93. The van der Waals surface area contributed by atoms with Crippen molar-refractivity contribution in [3.05, 3.63) is 89.0 Å². The summed E-state index contributed by atoms with van der Waals surface area (Å²) in [5.74, 6) is 0.925. The van der Waals surface area contributed by atoms with E-state index in [4.69, 9.17) is 19.2 Å². The molecule has 4 rings (SSSR count). The van der Waals surface area contributed by atoms with E-state index in [1.165, 1.54) is 7.11 Å². The Balaban J connectivity index is 1.74. The van der Waals surface area contributed by atoms with Crippen LogP contribution in [0.25, 0.3) is 0 Å². The van der Waals surface area contributed by atoms with Crippen LogP contribution >= 0.6 is 0 Å². The number of aromatic hydroxyl groups is 1. The van der Waals surface area contributed by atoms with E-state index in [-0.39, 0.29) is 23.9 Å². The number of carbonyl (C=O) groups is 1. The van der Waals surface area contributed by atoms with Crippen LogP contribution in [-0.2, 0) is 4.74 Å². The lowest BCUT2D eigenvalue weighted by Gasteiger charge is -2.31. The summed E-state index contributed by atoms with van der Waals surface area (Å²) in [6.45, 7) is 2.34. The first-order valence-electron chi connectivity index (χ1n) is 11.1. The minimum Gasteiger partial charge on any atom is -0.504 e. The van der Waals surface area contributed by atoms with Gasteiger partial charge < -0.3 is 19.3 Å². The highest BCUT2D eigenvalue weighted by Gasteiger charge is 2.29. The van der Waals surface area contributed by atoms with E-state index in [0.29, 0.717) is 24.3 Å². The monoisotopic (exact) mass is 460 g/mol. The van der Waals surface area contributed by atoms with Crippen LogP contribution < -0.4 is 14.8 Å². The fraction of sp³-hybridized carbons (Fsp3) is 0.259. The molecule has 0 unspecified atom stereocenters. The summed E-state index contributed by atoms with van der Waals surface area (Å²) in [5, 5.41) is 14.5. The molecule has 3 aromatic rings. The minimum atomic E-state index is -0.390. The van der Waals surface area contributed by atoms with Crippen molar-refractivity contribution in [2.45, 2.75) is 25.6 Å². The van der Waals surface area contributed by atoms with Crippen LogP contribution in [0.2, 0.25) is 0 Å². The number of rotatable bonds is 7. The number of hydrogen-bond donors (Lipinski definition) is 2. The minimum absolute atomic E-state index is 0.119. The Morgan fingerprint density at radius 3 is 2.56 bits per heavy atom. The Morgan fingerprint density at radius 2 is 1.85 bits per heavy atom. The number of carbonyl (C=O) groups excluding carboxylic acids is 1. The average Bonchev–Trinajstić information content (AvgIpc) is 2.89. The fourth-order valence-corrected chi connectivity index (χ4v) is 4.07. The van der Waals surface area contributed by atoms with Crippen LogP contribution in [0.1, 0.15) is 52.6 Å². The summed E-state index contributed by atoms with van der Waals surface area (Å²) in [6, 6.07) is 20.2. The number of hydrogen-bond acceptors (Lipinski definition) is 7. The van der Waals surface area contributed by atoms with Gasteiger partial charge in [-0.25, -0.2) is 4.79 Å². The van der Waals surface area contributed by atoms with E-state index < -0.39 is 0 Å². The predicted molar refractivity (Wildman–Crippen MR) is 130 cm³/mol. The summed E-state index contributed by atoms with van der Waals surface area (Å²) in [5.41, 5.74) is 3.92. The van der Waals surface area contributed by atoms with Crippen LogP contribution in [-0.4, -0.2) is 37.6 Å². The summed E-state index contributed by atoms with van der Waals surface area (Å²) in [4.78, 5) is 16.8. The Morgan fingerprint density at radius 1 is 1.09 bits per heavy atom. The van der Waals surface area contributed by atoms with Crippen LogP contribution in [0.4, 0.5) is 0 Å². The van der Waals surface area contributed by atoms with Crippen molar-refractivity contribution in [3.8, 4) is 17.2 Å². The zero-order valence-corrected chi connectivity index (χ0v) is 19.4. The van der Waals surface area contributed by atoms with E-state index in [1.54, 1.807) is 25.3 Å². The molecule has 0 aromatic heterocycles. The highest BCUT2D eigenvalue weighted by molar-refractivity contribution is 6.02. The summed E-state index contributed by atoms with van der Waals surface area (Å²) in [6.07, 6.45) is 0.175. The van der Waals surface area contributed by atoms with Gasteiger partial charge >= 0.3 is 5.97 Å². The molecule has 1 aliphatic rings. The molecule has 3 aromatic carbocycles. The van der Waals surface area contributed by atoms with Gasteiger partial charge in [0, 0.05) is 23.7 Å². The van der Waals surface area contributed by atoms with Crippen molar-refractivity contribution < 1.29 is 24.1 Å². The van der Waals surface area contributed by atoms with Gasteiger partial charge in [0.15, 0.2) is 11.5 Å². The molecule has 0 saturated carbocycles. The smallest absolute Gasteiger partial charge is 0.337 e. The second kappa shape index (κ2) is 10.4. The number of methoxy groups -OCH3 is 2. The SMILES string of the molecule is CCOc1cccc([C@H]2CC(c3cccc(OC)c3)=N[C@@H](c3ccc(C(=O)OC)cc3)N2)c1O. The number of benzene rings is 3.